The van der Waals surface area contributed by atoms with Gasteiger partial charge in [-0.15, -0.1) is 10.2 Å². The van der Waals surface area contributed by atoms with Crippen LogP contribution in [0.25, 0.3) is 0 Å². The molecule has 6 nitrogen and oxygen atoms in total. The number of aliphatic hydroxyl groups excluding tert-OH is 1. The SMILES string of the molecule is N#Cc1ccc(OC[C@H](O)CSc2nncn2C2CC2)cc1. The molecule has 1 atom stereocenters. The first kappa shape index (κ1) is 14.9. The minimum atomic E-state index is -0.593. The molecule has 7 heteroatoms. The summed E-state index contributed by atoms with van der Waals surface area (Å²) in [5.74, 6) is 1.14. The lowest BCUT2D eigenvalue weighted by Crippen LogP contribution is -2.20. The van der Waals surface area contributed by atoms with E-state index in [2.05, 4.69) is 20.8 Å². The van der Waals surface area contributed by atoms with Crippen molar-refractivity contribution in [2.45, 2.75) is 30.1 Å². The van der Waals surface area contributed by atoms with E-state index in [1.165, 1.54) is 24.6 Å². The molecule has 0 radical (unpaired) electrons. The second kappa shape index (κ2) is 6.81. The van der Waals surface area contributed by atoms with Crippen molar-refractivity contribution in [3.8, 4) is 11.8 Å². The Morgan fingerprint density at radius 1 is 1.41 bits per heavy atom. The molecule has 2 aromatic rings. The van der Waals surface area contributed by atoms with Crippen LogP contribution in [0.4, 0.5) is 0 Å². The van der Waals surface area contributed by atoms with E-state index in [4.69, 9.17) is 10.00 Å². The van der Waals surface area contributed by atoms with Crippen molar-refractivity contribution in [3.05, 3.63) is 36.2 Å². The van der Waals surface area contributed by atoms with Crippen LogP contribution in [0.2, 0.25) is 0 Å². The second-order valence-corrected chi connectivity index (χ2v) is 6.15. The topological polar surface area (TPSA) is 84.0 Å². The van der Waals surface area contributed by atoms with Gasteiger partial charge < -0.3 is 14.4 Å². The summed E-state index contributed by atoms with van der Waals surface area (Å²) in [4.78, 5) is 0. The number of nitrogens with zero attached hydrogens (tertiary/aromatic N) is 4. The van der Waals surface area contributed by atoms with E-state index < -0.39 is 6.10 Å². The Morgan fingerprint density at radius 3 is 2.86 bits per heavy atom. The number of hydrogen-bond acceptors (Lipinski definition) is 6. The van der Waals surface area contributed by atoms with E-state index in [0.29, 0.717) is 23.1 Å². The molecular formula is C15H16N4O2S. The highest BCUT2D eigenvalue weighted by molar-refractivity contribution is 7.99. The quantitative estimate of drug-likeness (QED) is 0.787. The van der Waals surface area contributed by atoms with Crippen LogP contribution in [0.5, 0.6) is 5.75 Å². The maximum absolute atomic E-state index is 10.00. The molecule has 0 saturated heterocycles. The highest BCUT2D eigenvalue weighted by atomic mass is 32.2. The van der Waals surface area contributed by atoms with E-state index in [9.17, 15) is 5.11 Å². The van der Waals surface area contributed by atoms with Gasteiger partial charge in [-0.25, -0.2) is 0 Å². The maximum Gasteiger partial charge on any atom is 0.191 e. The highest BCUT2D eigenvalue weighted by Crippen LogP contribution is 2.37. The molecule has 0 bridgehead atoms. The van der Waals surface area contributed by atoms with Crippen LogP contribution in [0.3, 0.4) is 0 Å². The van der Waals surface area contributed by atoms with Crippen LogP contribution in [0, 0.1) is 11.3 Å². The van der Waals surface area contributed by atoms with E-state index in [1.807, 2.05) is 0 Å². The van der Waals surface area contributed by atoms with Crippen molar-refractivity contribution in [2.24, 2.45) is 0 Å². The molecule has 22 heavy (non-hydrogen) atoms. The van der Waals surface area contributed by atoms with Crippen LogP contribution < -0.4 is 4.74 Å². The number of rotatable bonds is 7. The first-order valence-electron chi connectivity index (χ1n) is 7.09. The summed E-state index contributed by atoms with van der Waals surface area (Å²) in [6, 6.07) is 9.41. The van der Waals surface area contributed by atoms with Gasteiger partial charge in [0.1, 0.15) is 18.7 Å². The molecule has 0 spiro atoms. The van der Waals surface area contributed by atoms with E-state index in [0.717, 1.165) is 5.16 Å². The van der Waals surface area contributed by atoms with Gasteiger partial charge in [-0.1, -0.05) is 11.8 Å². The number of aliphatic hydroxyl groups is 1. The van der Waals surface area contributed by atoms with Gasteiger partial charge in [0.05, 0.1) is 17.7 Å². The minimum Gasteiger partial charge on any atom is -0.491 e. The molecule has 0 amide bonds. The molecule has 1 aromatic heterocycles. The summed E-state index contributed by atoms with van der Waals surface area (Å²) >= 11 is 1.49. The molecule has 1 N–H and O–H groups in total. The fourth-order valence-corrected chi connectivity index (χ4v) is 2.86. The lowest BCUT2D eigenvalue weighted by molar-refractivity contribution is 0.126. The van der Waals surface area contributed by atoms with Crippen molar-refractivity contribution in [2.75, 3.05) is 12.4 Å². The Bertz CT molecular complexity index is 661. The Hall–Kier alpha value is -2.04. The summed E-state index contributed by atoms with van der Waals surface area (Å²) in [6.45, 7) is 0.205. The normalized spacial score (nSPS) is 15.3. The molecule has 1 heterocycles. The zero-order valence-electron chi connectivity index (χ0n) is 11.9. The molecule has 0 unspecified atom stereocenters. The van der Waals surface area contributed by atoms with Crippen molar-refractivity contribution in [1.29, 1.82) is 5.26 Å². The van der Waals surface area contributed by atoms with Crippen molar-refractivity contribution >= 4 is 11.8 Å². The summed E-state index contributed by atoms with van der Waals surface area (Å²) in [5.41, 5.74) is 0.586. The van der Waals surface area contributed by atoms with Gasteiger partial charge in [0.25, 0.3) is 0 Å². The second-order valence-electron chi connectivity index (χ2n) is 5.16. The Labute approximate surface area is 132 Å². The summed E-state index contributed by atoms with van der Waals surface area (Å²) in [5, 5.41) is 27.6. The van der Waals surface area contributed by atoms with Crippen molar-refractivity contribution in [1.82, 2.24) is 14.8 Å². The molecule has 0 aliphatic heterocycles. The third-order valence-electron chi connectivity index (χ3n) is 3.31. The fourth-order valence-electron chi connectivity index (χ4n) is 1.98. The number of hydrogen-bond donors (Lipinski definition) is 1. The van der Waals surface area contributed by atoms with Crippen LogP contribution in [-0.4, -0.2) is 38.3 Å². The van der Waals surface area contributed by atoms with E-state index >= 15 is 0 Å². The number of benzene rings is 1. The predicted molar refractivity (Wildman–Crippen MR) is 81.7 cm³/mol. The third kappa shape index (κ3) is 3.78. The molecular weight excluding hydrogens is 300 g/mol. The van der Waals surface area contributed by atoms with E-state index in [-0.39, 0.29) is 6.61 Å². The van der Waals surface area contributed by atoms with Crippen LogP contribution in [0.1, 0.15) is 24.4 Å². The predicted octanol–water partition coefficient (Wildman–Crippen LogP) is 2.02. The van der Waals surface area contributed by atoms with Gasteiger partial charge in [-0.3, -0.25) is 0 Å². The Balaban J connectivity index is 1.45. The molecule has 1 saturated carbocycles. The van der Waals surface area contributed by atoms with Crippen LogP contribution in [-0.2, 0) is 0 Å². The minimum absolute atomic E-state index is 0.205. The van der Waals surface area contributed by atoms with Gasteiger partial charge >= 0.3 is 0 Å². The molecule has 1 fully saturated rings. The van der Waals surface area contributed by atoms with E-state index in [1.54, 1.807) is 30.6 Å². The first-order valence-corrected chi connectivity index (χ1v) is 8.08. The van der Waals surface area contributed by atoms with Gasteiger partial charge in [-0.2, -0.15) is 5.26 Å². The zero-order chi connectivity index (χ0) is 15.4. The average Bonchev–Trinajstić information content (AvgIpc) is 3.29. The van der Waals surface area contributed by atoms with Gasteiger partial charge in [0.15, 0.2) is 5.16 Å². The van der Waals surface area contributed by atoms with Crippen molar-refractivity contribution in [3.63, 3.8) is 0 Å². The molecule has 3 rings (SSSR count). The monoisotopic (exact) mass is 316 g/mol. The van der Waals surface area contributed by atoms with Gasteiger partial charge in [-0.05, 0) is 37.1 Å². The third-order valence-corrected chi connectivity index (χ3v) is 4.41. The average molecular weight is 316 g/mol. The summed E-state index contributed by atoms with van der Waals surface area (Å²) in [6.07, 6.45) is 3.51. The number of ether oxygens (including phenoxy) is 1. The lowest BCUT2D eigenvalue weighted by Gasteiger charge is -2.12. The van der Waals surface area contributed by atoms with Crippen molar-refractivity contribution < 1.29 is 9.84 Å². The summed E-state index contributed by atoms with van der Waals surface area (Å²) < 4.78 is 7.58. The Morgan fingerprint density at radius 2 is 2.18 bits per heavy atom. The number of aromatic nitrogens is 3. The molecule has 1 aliphatic rings. The fraction of sp³-hybridized carbons (Fsp3) is 0.400. The van der Waals surface area contributed by atoms with Gasteiger partial charge in [0.2, 0.25) is 0 Å². The Kier molecular flexibility index (Phi) is 4.61. The zero-order valence-corrected chi connectivity index (χ0v) is 12.7. The van der Waals surface area contributed by atoms with Crippen LogP contribution >= 0.6 is 11.8 Å². The lowest BCUT2D eigenvalue weighted by atomic mass is 10.2. The largest absolute Gasteiger partial charge is 0.491 e. The first-order chi connectivity index (χ1) is 10.8. The standard InChI is InChI=1S/C15H16N4O2S/c16-7-11-1-5-14(6-2-11)21-8-13(20)9-22-15-18-17-10-19(15)12-3-4-12/h1-2,5-6,10,12-13,20H,3-4,8-9H2/t13-/m0/s1. The number of thioether (sulfide) groups is 1. The maximum atomic E-state index is 10.00. The smallest absolute Gasteiger partial charge is 0.191 e. The highest BCUT2D eigenvalue weighted by Gasteiger charge is 2.26. The van der Waals surface area contributed by atoms with Gasteiger partial charge in [0, 0.05) is 11.8 Å². The molecule has 1 aromatic carbocycles. The van der Waals surface area contributed by atoms with Crippen LogP contribution in [0.15, 0.2) is 35.7 Å². The summed E-state index contributed by atoms with van der Waals surface area (Å²) in [7, 11) is 0. The number of nitriles is 1. The molecule has 1 aliphatic carbocycles. The molecule has 114 valence electrons.